The number of ether oxygens (including phenoxy) is 6. The van der Waals surface area contributed by atoms with Gasteiger partial charge in [-0.2, -0.15) is 27.1 Å². The maximum atomic E-state index is 12.5. The average molecular weight is 969 g/mol. The minimum absolute atomic E-state index is 0. The molecular weight excluding hydrogens is 890 g/mol. The molecule has 19 nitrogen and oxygen atoms in total. The molecule has 0 amide bonds. The van der Waals surface area contributed by atoms with E-state index in [4.69, 9.17) is 47.1 Å². The number of phosphoric acid groups is 1. The molecule has 2 heterocycles. The second kappa shape index (κ2) is 32.8. The SMILES string of the molecule is CC(=O)OC[C@H](CO[P+]([O-])(O)OCC[N+](C)(C)C)OC(=O)/C=C/CCCCC[C@H]1O[C@]2(CCCCCCCCCCCCCOCC(CO)NS(=O)(=O)O)CC[C@@H](OC(C)=O)[C@@H]1O2.[Na+]. The first-order valence-corrected chi connectivity index (χ1v) is 25.5. The Morgan fingerprint density at radius 3 is 2.09 bits per heavy atom. The van der Waals surface area contributed by atoms with Crippen LogP contribution in [0.3, 0.4) is 0 Å². The van der Waals surface area contributed by atoms with E-state index in [0.29, 0.717) is 36.9 Å². The number of hydrogen-bond donors (Lipinski definition) is 4. The number of aliphatic hydroxyl groups is 1. The summed E-state index contributed by atoms with van der Waals surface area (Å²) in [6.45, 7) is 2.19. The van der Waals surface area contributed by atoms with Crippen molar-refractivity contribution in [1.82, 2.24) is 4.72 Å². The van der Waals surface area contributed by atoms with Gasteiger partial charge in [-0.25, -0.2) is 4.79 Å². The summed E-state index contributed by atoms with van der Waals surface area (Å²) in [6.07, 6.45) is 19.1. The first kappa shape index (κ1) is 61.1. The van der Waals surface area contributed by atoms with Gasteiger partial charge in [0.25, 0.3) is 0 Å². The van der Waals surface area contributed by atoms with Gasteiger partial charge in [0.05, 0.1) is 46.5 Å². The molecule has 2 saturated heterocycles. The normalized spacial score (nSPS) is 21.8. The number of quaternary nitrogens is 1. The molecule has 2 bridgehead atoms. The number of aliphatic hydroxyl groups excluding tert-OH is 1. The van der Waals surface area contributed by atoms with Crippen LogP contribution < -0.4 is 39.2 Å². The van der Waals surface area contributed by atoms with Crippen molar-refractivity contribution in [2.45, 2.75) is 172 Å². The van der Waals surface area contributed by atoms with E-state index >= 15 is 0 Å². The van der Waals surface area contributed by atoms with Gasteiger partial charge in [-0.05, 0) is 38.5 Å². The van der Waals surface area contributed by atoms with Crippen LogP contribution in [-0.2, 0) is 62.2 Å². The third kappa shape index (κ3) is 29.8. The molecule has 0 aromatic rings. The molecule has 2 fully saturated rings. The van der Waals surface area contributed by atoms with Crippen LogP contribution >= 0.6 is 8.17 Å². The number of hydrogen-bond acceptors (Lipinski definition) is 16. The monoisotopic (exact) mass is 968 g/mol. The number of nitrogens with one attached hydrogen (secondary N) is 1. The molecule has 0 radical (unpaired) electrons. The maximum absolute atomic E-state index is 12.5. The smallest absolute Gasteiger partial charge is 0.606 e. The fourth-order valence-electron chi connectivity index (χ4n) is 7.35. The number of fused-ring (bicyclic) bond motifs is 2. The van der Waals surface area contributed by atoms with Crippen molar-refractivity contribution >= 4 is 36.4 Å². The summed E-state index contributed by atoms with van der Waals surface area (Å²) in [4.78, 5) is 58.0. The van der Waals surface area contributed by atoms with Crippen LogP contribution in [0, 0.1) is 0 Å². The first-order chi connectivity index (χ1) is 29.7. The maximum Gasteiger partial charge on any atom is 1.00 e. The number of unbranched alkanes of at least 4 members (excludes halogenated alkanes) is 13. The van der Waals surface area contributed by atoms with E-state index in [2.05, 4.69) is 0 Å². The van der Waals surface area contributed by atoms with Gasteiger partial charge in [0.15, 0.2) is 11.9 Å². The second-order valence-electron chi connectivity index (χ2n) is 17.5. The Morgan fingerprint density at radius 1 is 0.875 bits per heavy atom. The Balaban J connectivity index is 0.0000205. The number of rotatable bonds is 37. The minimum atomic E-state index is -4.43. The Hall–Kier alpha value is -0.910. The first-order valence-electron chi connectivity index (χ1n) is 22.6. The van der Waals surface area contributed by atoms with Gasteiger partial charge < -0.3 is 42.9 Å². The number of phosphoric ester groups is 1. The third-order valence-electron chi connectivity index (χ3n) is 10.6. The molecule has 2 rings (SSSR count). The van der Waals surface area contributed by atoms with Crippen molar-refractivity contribution in [3.63, 3.8) is 0 Å². The third-order valence-corrected chi connectivity index (χ3v) is 12.2. The van der Waals surface area contributed by atoms with Gasteiger partial charge in [0.2, 0.25) is 0 Å². The van der Waals surface area contributed by atoms with Gasteiger partial charge in [0, 0.05) is 39.4 Å². The second-order valence-corrected chi connectivity index (χ2v) is 20.2. The summed E-state index contributed by atoms with van der Waals surface area (Å²) in [6, 6.07) is -0.862. The number of nitrogens with zero attached hydrogens (tertiary/aromatic N) is 1. The summed E-state index contributed by atoms with van der Waals surface area (Å²) in [5, 5.41) is 9.16. The van der Waals surface area contributed by atoms with Crippen LogP contribution in [0.25, 0.3) is 0 Å². The Morgan fingerprint density at radius 2 is 1.50 bits per heavy atom. The predicted octanol–water partition coefficient (Wildman–Crippen LogP) is 1.40. The molecule has 0 spiro atoms. The standard InChI is InChI=1S/C42H77N2O17PS.Na/c1-34(46)55-32-37(33-57-62(49,50)56-29-27-44(3,4)5)59-40(48)23-19-15-13-14-18-22-39-41-38(58-35(2)47)24-26-42(60-39,61-41)25-20-16-11-9-7-6-8-10-12-17-21-28-54-31-36(30-45)43-63(51,52)53;/h19,23,36-39,41,43,45H,6-18,20-22,24-33H2,1-5H3,(H-,49,50,51,52,53);/q;+1/p+1/b23-19+;/t36?,37-,38-,39-,41+,42+;/m1./s1. The van der Waals surface area contributed by atoms with Crippen molar-refractivity contribution < 1.29 is 114 Å². The summed E-state index contributed by atoms with van der Waals surface area (Å²) in [5.41, 5.74) is 0. The van der Waals surface area contributed by atoms with Crippen molar-refractivity contribution in [1.29, 1.82) is 0 Å². The van der Waals surface area contributed by atoms with E-state index < -0.39 is 61.6 Å². The topological polar surface area (TPSA) is 255 Å². The van der Waals surface area contributed by atoms with Gasteiger partial charge in [-0.3, -0.25) is 14.1 Å². The summed E-state index contributed by atoms with van der Waals surface area (Å²) >= 11 is 0. The summed E-state index contributed by atoms with van der Waals surface area (Å²) in [5.74, 6) is -2.30. The molecular formula is C42H78N2NaO17PS+2. The van der Waals surface area contributed by atoms with Crippen molar-refractivity contribution in [2.24, 2.45) is 0 Å². The zero-order valence-electron chi connectivity index (χ0n) is 39.3. The molecule has 0 saturated carbocycles. The number of allylic oxidation sites excluding steroid dienone is 1. The van der Waals surface area contributed by atoms with Crippen LogP contribution in [-0.4, -0.2) is 149 Å². The van der Waals surface area contributed by atoms with Crippen LogP contribution in [0.2, 0.25) is 0 Å². The van der Waals surface area contributed by atoms with Gasteiger partial charge in [0.1, 0.15) is 38.6 Å². The molecule has 0 aromatic carbocycles. The van der Waals surface area contributed by atoms with E-state index in [1.807, 2.05) is 25.9 Å². The molecule has 22 heteroatoms. The molecule has 4 N–H and O–H groups in total. The zero-order valence-corrected chi connectivity index (χ0v) is 43.0. The van der Waals surface area contributed by atoms with Crippen molar-refractivity contribution in [2.75, 3.05) is 67.3 Å². The van der Waals surface area contributed by atoms with Gasteiger partial charge in [-0.1, -0.05) is 76.7 Å². The minimum Gasteiger partial charge on any atom is -0.606 e. The Bertz CT molecular complexity index is 1460. The van der Waals surface area contributed by atoms with Crippen molar-refractivity contribution in [3.8, 4) is 0 Å². The zero-order chi connectivity index (χ0) is 46.8. The molecule has 368 valence electrons. The summed E-state index contributed by atoms with van der Waals surface area (Å²) in [7, 11) is -3.09. The molecule has 2 aliphatic heterocycles. The quantitative estimate of drug-likeness (QED) is 0.0100. The molecule has 64 heavy (non-hydrogen) atoms. The molecule has 2 aliphatic rings. The van der Waals surface area contributed by atoms with E-state index in [9.17, 15) is 32.6 Å². The summed E-state index contributed by atoms with van der Waals surface area (Å²) < 4.78 is 77.4. The Kier molecular flexibility index (Phi) is 31.3. The Labute approximate surface area is 404 Å². The number of carbonyl (C=O) groups is 3. The number of likely N-dealkylation sites (N-methyl/N-ethyl adjacent to an activating group) is 1. The van der Waals surface area contributed by atoms with E-state index in [0.717, 1.165) is 77.0 Å². The molecule has 7 atom stereocenters. The fourth-order valence-corrected chi connectivity index (χ4v) is 8.65. The predicted molar refractivity (Wildman–Crippen MR) is 232 cm³/mol. The number of esters is 3. The van der Waals surface area contributed by atoms with Crippen molar-refractivity contribution in [3.05, 3.63) is 12.2 Å². The van der Waals surface area contributed by atoms with Gasteiger partial charge >= 0.3 is 65.9 Å². The van der Waals surface area contributed by atoms with E-state index in [1.54, 1.807) is 6.08 Å². The molecule has 0 aliphatic carbocycles. The molecule has 2 unspecified atom stereocenters. The average Bonchev–Trinajstić information content (AvgIpc) is 3.48. The van der Waals surface area contributed by atoms with Gasteiger partial charge in [-0.15, -0.1) is 0 Å². The molecule has 0 aromatic heterocycles. The fraction of sp³-hybridized carbons (Fsp3) is 0.881. The van der Waals surface area contributed by atoms with E-state index in [-0.39, 0.29) is 73.7 Å². The van der Waals surface area contributed by atoms with Crippen LogP contribution in [0.5, 0.6) is 0 Å². The van der Waals surface area contributed by atoms with Crippen LogP contribution in [0.15, 0.2) is 12.2 Å². The van der Waals surface area contributed by atoms with Crippen LogP contribution in [0.4, 0.5) is 0 Å². The van der Waals surface area contributed by atoms with Crippen LogP contribution in [0.1, 0.15) is 136 Å². The number of carbonyl (C=O) groups excluding carboxylic acids is 3. The van der Waals surface area contributed by atoms with E-state index in [1.165, 1.54) is 45.6 Å². The largest absolute Gasteiger partial charge is 1.00 e.